The third kappa shape index (κ3) is 2.12. The van der Waals surface area contributed by atoms with E-state index >= 15 is 0 Å². The fourth-order valence-electron chi connectivity index (χ4n) is 3.16. The van der Waals surface area contributed by atoms with Crippen LogP contribution in [0.15, 0.2) is 53.2 Å². The molecule has 0 bridgehead atoms. The summed E-state index contributed by atoms with van der Waals surface area (Å²) in [7, 11) is 2.08. The van der Waals surface area contributed by atoms with Crippen LogP contribution in [-0.2, 0) is 13.5 Å². The number of furan rings is 1. The fourth-order valence-corrected chi connectivity index (χ4v) is 3.16. The first-order chi connectivity index (χ1) is 11.2. The number of benzene rings is 1. The van der Waals surface area contributed by atoms with Crippen LogP contribution in [0.3, 0.4) is 0 Å². The normalized spacial score (nSPS) is 11.4. The Morgan fingerprint density at radius 3 is 2.87 bits per heavy atom. The van der Waals surface area contributed by atoms with Crippen molar-refractivity contribution < 1.29 is 8.98 Å². The molecule has 0 saturated carbocycles. The van der Waals surface area contributed by atoms with Gasteiger partial charge in [-0.3, -0.25) is 4.98 Å². The van der Waals surface area contributed by atoms with Crippen molar-refractivity contribution in [3.05, 3.63) is 59.9 Å². The Morgan fingerprint density at radius 1 is 1.17 bits per heavy atom. The van der Waals surface area contributed by atoms with Crippen LogP contribution < -0.4 is 4.57 Å². The van der Waals surface area contributed by atoms with Gasteiger partial charge >= 0.3 is 0 Å². The standard InChI is InChI=1S/C20H19N2O/c1-4-14-9-11-22(3)16(12-14)18-13(2)7-8-15-19-17(23-20(15)18)6-5-10-21-19/h5-12H,4H2,1-3H3/q+1. The van der Waals surface area contributed by atoms with Crippen molar-refractivity contribution >= 4 is 22.1 Å². The summed E-state index contributed by atoms with van der Waals surface area (Å²) in [5.41, 5.74) is 7.54. The molecule has 0 fully saturated rings. The molecule has 3 heteroatoms. The van der Waals surface area contributed by atoms with Gasteiger partial charge in [0.05, 0.1) is 5.56 Å². The van der Waals surface area contributed by atoms with Gasteiger partial charge in [-0.1, -0.05) is 13.0 Å². The van der Waals surface area contributed by atoms with Crippen LogP contribution in [0.1, 0.15) is 18.1 Å². The number of aryl methyl sites for hydroxylation is 3. The van der Waals surface area contributed by atoms with E-state index in [0.29, 0.717) is 0 Å². The Morgan fingerprint density at radius 2 is 2.04 bits per heavy atom. The second-order valence-corrected chi connectivity index (χ2v) is 5.97. The molecule has 114 valence electrons. The lowest BCUT2D eigenvalue weighted by Gasteiger charge is -2.06. The van der Waals surface area contributed by atoms with Gasteiger partial charge in [0.15, 0.2) is 17.4 Å². The van der Waals surface area contributed by atoms with E-state index in [1.807, 2.05) is 18.3 Å². The number of nitrogens with zero attached hydrogens (tertiary/aromatic N) is 2. The number of pyridine rings is 2. The van der Waals surface area contributed by atoms with Gasteiger partial charge in [-0.25, -0.2) is 4.57 Å². The second-order valence-electron chi connectivity index (χ2n) is 5.97. The van der Waals surface area contributed by atoms with E-state index in [0.717, 1.165) is 34.1 Å². The first kappa shape index (κ1) is 13.9. The van der Waals surface area contributed by atoms with Crippen LogP contribution in [0.2, 0.25) is 0 Å². The van der Waals surface area contributed by atoms with Gasteiger partial charge in [0.25, 0.3) is 0 Å². The lowest BCUT2D eigenvalue weighted by molar-refractivity contribution is -0.660. The molecule has 0 radical (unpaired) electrons. The summed E-state index contributed by atoms with van der Waals surface area (Å²) in [5, 5.41) is 1.07. The number of hydrogen-bond acceptors (Lipinski definition) is 2. The average molecular weight is 303 g/mol. The molecule has 0 saturated heterocycles. The van der Waals surface area contributed by atoms with Crippen molar-refractivity contribution in [2.75, 3.05) is 0 Å². The molecule has 4 rings (SSSR count). The first-order valence-corrected chi connectivity index (χ1v) is 7.95. The largest absolute Gasteiger partial charge is 0.453 e. The van der Waals surface area contributed by atoms with Crippen molar-refractivity contribution in [3.63, 3.8) is 0 Å². The van der Waals surface area contributed by atoms with E-state index in [-0.39, 0.29) is 0 Å². The van der Waals surface area contributed by atoms with E-state index in [9.17, 15) is 0 Å². The highest BCUT2D eigenvalue weighted by Gasteiger charge is 2.21. The highest BCUT2D eigenvalue weighted by molar-refractivity contribution is 6.07. The van der Waals surface area contributed by atoms with Gasteiger partial charge < -0.3 is 4.42 Å². The molecule has 3 nitrogen and oxygen atoms in total. The van der Waals surface area contributed by atoms with E-state index in [2.05, 4.69) is 60.9 Å². The molecular formula is C20H19N2O+. The highest BCUT2D eigenvalue weighted by atomic mass is 16.3. The molecule has 0 aliphatic rings. The lowest BCUT2D eigenvalue weighted by atomic mass is 10.00. The molecular weight excluding hydrogens is 284 g/mol. The van der Waals surface area contributed by atoms with Crippen LogP contribution in [0.5, 0.6) is 0 Å². The second kappa shape index (κ2) is 5.20. The zero-order chi connectivity index (χ0) is 16.0. The molecule has 0 aliphatic heterocycles. The fraction of sp³-hybridized carbons (Fsp3) is 0.200. The Balaban J connectivity index is 2.12. The number of fused-ring (bicyclic) bond motifs is 3. The van der Waals surface area contributed by atoms with Gasteiger partial charge in [-0.15, -0.1) is 0 Å². The maximum Gasteiger partial charge on any atom is 0.216 e. The minimum atomic E-state index is 0.837. The SMILES string of the molecule is CCc1cc[n+](C)c(-c2c(C)ccc3c2oc2cccnc23)c1. The van der Waals surface area contributed by atoms with Crippen molar-refractivity contribution in [2.45, 2.75) is 20.3 Å². The quantitative estimate of drug-likeness (QED) is 0.515. The van der Waals surface area contributed by atoms with Gasteiger partial charge in [0.1, 0.15) is 12.6 Å². The Labute approximate surface area is 135 Å². The van der Waals surface area contributed by atoms with Crippen molar-refractivity contribution in [1.82, 2.24) is 4.98 Å². The summed E-state index contributed by atoms with van der Waals surface area (Å²) in [6.45, 7) is 4.31. The molecule has 1 aromatic carbocycles. The summed E-state index contributed by atoms with van der Waals surface area (Å²) in [4.78, 5) is 4.49. The Kier molecular flexibility index (Phi) is 3.15. The third-order valence-corrected chi connectivity index (χ3v) is 4.48. The Hall–Kier alpha value is -2.68. The summed E-state index contributed by atoms with van der Waals surface area (Å²) >= 11 is 0. The number of rotatable bonds is 2. The van der Waals surface area contributed by atoms with Gasteiger partial charge in [-0.2, -0.15) is 0 Å². The number of hydrogen-bond donors (Lipinski definition) is 0. The summed E-state index contributed by atoms with van der Waals surface area (Å²) in [6.07, 6.45) is 4.95. The highest BCUT2D eigenvalue weighted by Crippen LogP contribution is 2.35. The van der Waals surface area contributed by atoms with E-state index in [4.69, 9.17) is 4.42 Å². The van der Waals surface area contributed by atoms with Crippen LogP contribution in [0, 0.1) is 6.92 Å². The molecule has 4 aromatic rings. The molecule has 0 amide bonds. The van der Waals surface area contributed by atoms with Crippen molar-refractivity contribution in [1.29, 1.82) is 0 Å². The number of aromatic nitrogens is 2. The van der Waals surface area contributed by atoms with Gasteiger partial charge in [0, 0.05) is 23.7 Å². The minimum Gasteiger partial charge on any atom is -0.453 e. The maximum atomic E-state index is 6.17. The summed E-state index contributed by atoms with van der Waals surface area (Å²) in [6, 6.07) is 12.6. The molecule has 3 heterocycles. The van der Waals surface area contributed by atoms with Gasteiger partial charge in [0.2, 0.25) is 5.69 Å². The molecule has 23 heavy (non-hydrogen) atoms. The molecule has 0 N–H and O–H groups in total. The van der Waals surface area contributed by atoms with E-state index < -0.39 is 0 Å². The smallest absolute Gasteiger partial charge is 0.216 e. The summed E-state index contributed by atoms with van der Waals surface area (Å²) < 4.78 is 8.33. The van der Waals surface area contributed by atoms with Crippen LogP contribution in [0.25, 0.3) is 33.3 Å². The molecule has 3 aromatic heterocycles. The molecule has 0 unspecified atom stereocenters. The monoisotopic (exact) mass is 303 g/mol. The predicted molar refractivity (Wildman–Crippen MR) is 92.2 cm³/mol. The first-order valence-electron chi connectivity index (χ1n) is 7.95. The van der Waals surface area contributed by atoms with E-state index in [1.165, 1.54) is 16.8 Å². The molecule has 0 aliphatic carbocycles. The minimum absolute atomic E-state index is 0.837. The van der Waals surface area contributed by atoms with Crippen LogP contribution >= 0.6 is 0 Å². The van der Waals surface area contributed by atoms with Crippen LogP contribution in [-0.4, -0.2) is 4.98 Å². The Bertz CT molecular complexity index is 1030. The van der Waals surface area contributed by atoms with Crippen molar-refractivity contribution in [2.24, 2.45) is 7.05 Å². The maximum absolute atomic E-state index is 6.17. The van der Waals surface area contributed by atoms with Crippen molar-refractivity contribution in [3.8, 4) is 11.3 Å². The predicted octanol–water partition coefficient (Wildman–Crippen LogP) is 4.34. The molecule has 0 spiro atoms. The average Bonchev–Trinajstić information content (AvgIpc) is 2.94. The van der Waals surface area contributed by atoms with Crippen LogP contribution in [0.4, 0.5) is 0 Å². The zero-order valence-electron chi connectivity index (χ0n) is 13.6. The summed E-state index contributed by atoms with van der Waals surface area (Å²) in [5.74, 6) is 0. The third-order valence-electron chi connectivity index (χ3n) is 4.48. The zero-order valence-corrected chi connectivity index (χ0v) is 13.6. The topological polar surface area (TPSA) is 29.9 Å². The lowest BCUT2D eigenvalue weighted by Crippen LogP contribution is -2.30. The van der Waals surface area contributed by atoms with E-state index in [1.54, 1.807) is 0 Å². The molecule has 0 atom stereocenters. The van der Waals surface area contributed by atoms with Gasteiger partial charge in [-0.05, 0) is 42.7 Å².